The van der Waals surface area contributed by atoms with Gasteiger partial charge >= 0.3 is 143 Å². The SMILES string of the molecule is C(/Sc1ccccc1)=C(\[Se]c1ccccc1)c1ccccc1. The first-order valence-electron chi connectivity index (χ1n) is 7.12. The molecule has 0 saturated heterocycles. The standard InChI is InChI=1S/C20H16SSe/c1-4-10-17(11-5-1)20(22-19-14-8-3-9-15-19)16-21-18-12-6-2-7-13-18/h1-16H/b20-16+. The molecule has 0 N–H and O–H groups in total. The van der Waals surface area contributed by atoms with Crippen molar-refractivity contribution in [2.45, 2.75) is 4.90 Å². The molecule has 0 saturated carbocycles. The predicted molar refractivity (Wildman–Crippen MR) is 98.5 cm³/mol. The van der Waals surface area contributed by atoms with E-state index in [9.17, 15) is 0 Å². The number of rotatable bonds is 5. The van der Waals surface area contributed by atoms with Gasteiger partial charge in [0.2, 0.25) is 0 Å². The molecule has 2 heteroatoms. The molecule has 0 spiro atoms. The molecular weight excluding hydrogens is 351 g/mol. The van der Waals surface area contributed by atoms with Crippen molar-refractivity contribution < 1.29 is 0 Å². The van der Waals surface area contributed by atoms with Crippen LogP contribution in [0.2, 0.25) is 0 Å². The monoisotopic (exact) mass is 368 g/mol. The fraction of sp³-hybridized carbons (Fsp3) is 0. The molecule has 22 heavy (non-hydrogen) atoms. The molecule has 0 atom stereocenters. The zero-order valence-electron chi connectivity index (χ0n) is 12.1. The molecule has 3 rings (SSSR count). The molecule has 0 nitrogen and oxygen atoms in total. The Kier molecular flexibility index (Phi) is 5.55. The van der Waals surface area contributed by atoms with E-state index >= 15 is 0 Å². The second kappa shape index (κ2) is 8.05. The second-order valence-corrected chi connectivity index (χ2v) is 7.98. The summed E-state index contributed by atoms with van der Waals surface area (Å²) >= 11 is 2.11. The van der Waals surface area contributed by atoms with Crippen LogP contribution in [0.15, 0.2) is 101 Å². The summed E-state index contributed by atoms with van der Waals surface area (Å²) in [6.07, 6.45) is 0. The quantitative estimate of drug-likeness (QED) is 0.461. The zero-order chi connectivity index (χ0) is 15.0. The summed E-state index contributed by atoms with van der Waals surface area (Å²) < 4.78 is 2.81. The van der Waals surface area contributed by atoms with E-state index in [2.05, 4.69) is 96.4 Å². The maximum absolute atomic E-state index is 2.30. The number of hydrogen-bond acceptors (Lipinski definition) is 1. The third kappa shape index (κ3) is 4.38. The minimum atomic E-state index is 0.310. The normalized spacial score (nSPS) is 11.4. The predicted octanol–water partition coefficient (Wildman–Crippen LogP) is 4.81. The molecule has 0 unspecified atom stereocenters. The Morgan fingerprint density at radius 3 is 1.86 bits per heavy atom. The minimum absolute atomic E-state index is 0.310. The Morgan fingerprint density at radius 1 is 0.682 bits per heavy atom. The topological polar surface area (TPSA) is 0 Å². The van der Waals surface area contributed by atoms with Crippen LogP contribution in [0.4, 0.5) is 0 Å². The first kappa shape index (κ1) is 15.2. The Balaban J connectivity index is 1.86. The van der Waals surface area contributed by atoms with Crippen LogP contribution < -0.4 is 4.46 Å². The van der Waals surface area contributed by atoms with Crippen LogP contribution in [-0.4, -0.2) is 15.0 Å². The summed E-state index contributed by atoms with van der Waals surface area (Å²) in [5.74, 6) is 0. The summed E-state index contributed by atoms with van der Waals surface area (Å²) in [6, 6.07) is 31.9. The molecule has 108 valence electrons. The first-order chi connectivity index (χ1) is 10.9. The van der Waals surface area contributed by atoms with Gasteiger partial charge in [0.15, 0.2) is 0 Å². The molecule has 0 amide bonds. The Bertz CT molecular complexity index is 721. The van der Waals surface area contributed by atoms with Crippen LogP contribution in [0, 0.1) is 0 Å². The van der Waals surface area contributed by atoms with Gasteiger partial charge < -0.3 is 0 Å². The molecule has 0 heterocycles. The molecule has 0 fully saturated rings. The Hall–Kier alpha value is -1.73. The van der Waals surface area contributed by atoms with Gasteiger partial charge in [-0.25, -0.2) is 0 Å². The molecule has 3 aromatic carbocycles. The molecule has 0 aromatic heterocycles. The van der Waals surface area contributed by atoms with Crippen LogP contribution in [0.3, 0.4) is 0 Å². The van der Waals surface area contributed by atoms with Crippen molar-refractivity contribution in [1.82, 2.24) is 0 Å². The van der Waals surface area contributed by atoms with E-state index in [0.717, 1.165) is 0 Å². The Labute approximate surface area is 142 Å². The van der Waals surface area contributed by atoms with Crippen LogP contribution in [0.25, 0.3) is 4.47 Å². The van der Waals surface area contributed by atoms with Crippen LogP contribution in [-0.2, 0) is 0 Å². The average Bonchev–Trinajstić information content (AvgIpc) is 2.61. The van der Waals surface area contributed by atoms with E-state index in [1.54, 1.807) is 11.8 Å². The van der Waals surface area contributed by atoms with Gasteiger partial charge in [0.1, 0.15) is 0 Å². The van der Waals surface area contributed by atoms with E-state index in [1.165, 1.54) is 19.4 Å². The van der Waals surface area contributed by atoms with E-state index in [1.807, 2.05) is 0 Å². The number of thioether (sulfide) groups is 1. The van der Waals surface area contributed by atoms with Crippen molar-refractivity contribution in [3.8, 4) is 0 Å². The van der Waals surface area contributed by atoms with Gasteiger partial charge in [-0.2, -0.15) is 0 Å². The average molecular weight is 367 g/mol. The van der Waals surface area contributed by atoms with Gasteiger partial charge in [-0.05, 0) is 0 Å². The van der Waals surface area contributed by atoms with Crippen LogP contribution in [0.5, 0.6) is 0 Å². The Morgan fingerprint density at radius 2 is 1.23 bits per heavy atom. The van der Waals surface area contributed by atoms with Crippen molar-refractivity contribution in [3.63, 3.8) is 0 Å². The first-order valence-corrected chi connectivity index (χ1v) is 9.71. The van der Waals surface area contributed by atoms with Gasteiger partial charge in [0.05, 0.1) is 0 Å². The number of benzene rings is 3. The summed E-state index contributed by atoms with van der Waals surface area (Å²) in [4.78, 5) is 1.28. The van der Waals surface area contributed by atoms with Crippen molar-refractivity contribution in [2.24, 2.45) is 0 Å². The third-order valence-corrected chi connectivity index (χ3v) is 6.58. The van der Waals surface area contributed by atoms with Crippen molar-refractivity contribution in [3.05, 3.63) is 102 Å². The van der Waals surface area contributed by atoms with Crippen molar-refractivity contribution in [2.75, 3.05) is 0 Å². The summed E-state index contributed by atoms with van der Waals surface area (Å²) in [6.45, 7) is 0. The van der Waals surface area contributed by atoms with Crippen LogP contribution in [0.1, 0.15) is 5.56 Å². The second-order valence-electron chi connectivity index (χ2n) is 4.69. The molecular formula is C20H16SSe. The maximum atomic E-state index is 2.30. The van der Waals surface area contributed by atoms with Gasteiger partial charge in [0, 0.05) is 0 Å². The van der Waals surface area contributed by atoms with Gasteiger partial charge in [0.25, 0.3) is 0 Å². The molecule has 0 bridgehead atoms. The van der Waals surface area contributed by atoms with Crippen molar-refractivity contribution >= 4 is 35.7 Å². The molecule has 3 aromatic rings. The van der Waals surface area contributed by atoms with E-state index in [0.29, 0.717) is 15.0 Å². The fourth-order valence-corrected chi connectivity index (χ4v) is 5.02. The van der Waals surface area contributed by atoms with E-state index < -0.39 is 0 Å². The van der Waals surface area contributed by atoms with Crippen molar-refractivity contribution in [1.29, 1.82) is 0 Å². The van der Waals surface area contributed by atoms with Gasteiger partial charge in [-0.15, -0.1) is 0 Å². The van der Waals surface area contributed by atoms with E-state index in [4.69, 9.17) is 0 Å². The fourth-order valence-electron chi connectivity index (χ4n) is 1.99. The summed E-state index contributed by atoms with van der Waals surface area (Å²) in [7, 11) is 0. The number of hydrogen-bond donors (Lipinski definition) is 0. The zero-order valence-corrected chi connectivity index (χ0v) is 14.6. The molecule has 0 radical (unpaired) electrons. The van der Waals surface area contributed by atoms with Crippen LogP contribution >= 0.6 is 11.8 Å². The summed E-state index contributed by atoms with van der Waals surface area (Å²) in [5.41, 5.74) is 1.31. The molecule has 0 aliphatic heterocycles. The van der Waals surface area contributed by atoms with Gasteiger partial charge in [-0.1, -0.05) is 0 Å². The molecule has 0 aliphatic carbocycles. The van der Waals surface area contributed by atoms with Gasteiger partial charge in [-0.3, -0.25) is 0 Å². The third-order valence-electron chi connectivity index (χ3n) is 3.07. The van der Waals surface area contributed by atoms with E-state index in [-0.39, 0.29) is 0 Å². The summed E-state index contributed by atoms with van der Waals surface area (Å²) in [5, 5.41) is 2.30. The molecule has 0 aliphatic rings.